The van der Waals surface area contributed by atoms with Crippen LogP contribution in [0.4, 0.5) is 5.82 Å². The molecule has 0 aliphatic heterocycles. The van der Waals surface area contributed by atoms with Crippen LogP contribution in [0, 0.1) is 0 Å². The number of thiophene rings is 1. The van der Waals surface area contributed by atoms with Crippen molar-refractivity contribution in [1.82, 2.24) is 15.0 Å². The first kappa shape index (κ1) is 19.0. The van der Waals surface area contributed by atoms with Crippen LogP contribution in [0.3, 0.4) is 0 Å². The summed E-state index contributed by atoms with van der Waals surface area (Å²) in [6.07, 6.45) is 10.3. The van der Waals surface area contributed by atoms with E-state index in [2.05, 4.69) is 10.3 Å². The van der Waals surface area contributed by atoms with Crippen LogP contribution in [0.15, 0.2) is 48.8 Å². The fraction of sp³-hybridized carbons (Fsp3) is 0.292. The molecule has 0 bridgehead atoms. The first-order chi connectivity index (χ1) is 14.8. The Balaban J connectivity index is 1.42. The highest BCUT2D eigenvalue weighted by Gasteiger charge is 2.21. The highest BCUT2D eigenvalue weighted by molar-refractivity contribution is 7.19. The van der Waals surface area contributed by atoms with Gasteiger partial charge in [-0.05, 0) is 73.9 Å². The normalized spacial score (nSPS) is 13.3. The number of phenolic OH excluding ortho intramolecular Hbond substituents is 1. The highest BCUT2D eigenvalue weighted by atomic mass is 32.1. The molecular weight excluding hydrogens is 392 g/mol. The second kappa shape index (κ2) is 8.40. The summed E-state index contributed by atoms with van der Waals surface area (Å²) in [7, 11) is 0. The Morgan fingerprint density at radius 1 is 0.967 bits per heavy atom. The van der Waals surface area contributed by atoms with E-state index in [4.69, 9.17) is 9.97 Å². The van der Waals surface area contributed by atoms with Gasteiger partial charge in [0.1, 0.15) is 16.4 Å². The molecule has 30 heavy (non-hydrogen) atoms. The van der Waals surface area contributed by atoms with E-state index in [0.717, 1.165) is 54.3 Å². The molecule has 0 saturated carbocycles. The lowest BCUT2D eigenvalue weighted by Crippen LogP contribution is -2.07. The van der Waals surface area contributed by atoms with E-state index in [1.54, 1.807) is 24.5 Å². The summed E-state index contributed by atoms with van der Waals surface area (Å²) >= 11 is 1.83. The van der Waals surface area contributed by atoms with Gasteiger partial charge in [-0.3, -0.25) is 4.98 Å². The molecule has 0 atom stereocenters. The molecule has 3 heterocycles. The Bertz CT molecular complexity index is 1160. The first-order valence-electron chi connectivity index (χ1n) is 10.5. The third kappa shape index (κ3) is 3.87. The Morgan fingerprint density at radius 2 is 1.77 bits per heavy atom. The van der Waals surface area contributed by atoms with Gasteiger partial charge in [0.15, 0.2) is 5.82 Å². The van der Waals surface area contributed by atoms with Crippen molar-refractivity contribution in [2.75, 3.05) is 11.9 Å². The summed E-state index contributed by atoms with van der Waals surface area (Å²) < 4.78 is 0. The van der Waals surface area contributed by atoms with Crippen molar-refractivity contribution in [3.63, 3.8) is 0 Å². The van der Waals surface area contributed by atoms with Crippen LogP contribution in [-0.2, 0) is 19.3 Å². The van der Waals surface area contributed by atoms with Crippen LogP contribution in [0.5, 0.6) is 5.75 Å². The molecule has 0 unspecified atom stereocenters. The molecule has 0 amide bonds. The van der Waals surface area contributed by atoms with E-state index in [9.17, 15) is 5.11 Å². The number of hydrogen-bond acceptors (Lipinski definition) is 6. The van der Waals surface area contributed by atoms with Gasteiger partial charge >= 0.3 is 0 Å². The standard InChI is InChI=1S/C24H24N4OS/c29-18-9-7-16(8-10-18)4-3-13-26-23-21-19-5-1-2-6-20(19)30-24(21)28-22(27-23)17-11-14-25-15-12-17/h7-12,14-15,29H,1-6,13H2,(H,26,27,28). The average molecular weight is 417 g/mol. The number of fused-ring (bicyclic) bond motifs is 3. The topological polar surface area (TPSA) is 70.9 Å². The number of anilines is 1. The van der Waals surface area contributed by atoms with Gasteiger partial charge in [-0.15, -0.1) is 11.3 Å². The number of rotatable bonds is 6. The predicted molar refractivity (Wildman–Crippen MR) is 122 cm³/mol. The zero-order valence-corrected chi connectivity index (χ0v) is 17.6. The van der Waals surface area contributed by atoms with Crippen molar-refractivity contribution in [3.8, 4) is 17.1 Å². The highest BCUT2D eigenvalue weighted by Crippen LogP contribution is 2.39. The van der Waals surface area contributed by atoms with Crippen LogP contribution in [0.1, 0.15) is 35.3 Å². The van der Waals surface area contributed by atoms with Gasteiger partial charge in [0.25, 0.3) is 0 Å². The molecule has 4 aromatic rings. The molecule has 5 nitrogen and oxygen atoms in total. The summed E-state index contributed by atoms with van der Waals surface area (Å²) in [6.45, 7) is 0.841. The SMILES string of the molecule is Oc1ccc(CCCNc2nc(-c3ccncc3)nc3sc4c(c23)CCCC4)cc1. The molecule has 1 aromatic carbocycles. The zero-order valence-electron chi connectivity index (χ0n) is 16.8. The lowest BCUT2D eigenvalue weighted by molar-refractivity contribution is 0.475. The van der Waals surface area contributed by atoms with E-state index in [0.29, 0.717) is 5.75 Å². The maximum absolute atomic E-state index is 9.44. The number of nitrogens with zero attached hydrogens (tertiary/aromatic N) is 3. The Labute approximate surface area is 179 Å². The minimum Gasteiger partial charge on any atom is -0.508 e. The lowest BCUT2D eigenvalue weighted by atomic mass is 9.97. The largest absolute Gasteiger partial charge is 0.508 e. The van der Waals surface area contributed by atoms with Gasteiger partial charge in [-0.1, -0.05) is 12.1 Å². The second-order valence-corrected chi connectivity index (χ2v) is 8.80. The van der Waals surface area contributed by atoms with Crippen LogP contribution in [0.25, 0.3) is 21.6 Å². The van der Waals surface area contributed by atoms with Crippen LogP contribution >= 0.6 is 11.3 Å². The molecule has 3 aromatic heterocycles. The quantitative estimate of drug-likeness (QED) is 0.413. The summed E-state index contributed by atoms with van der Waals surface area (Å²) in [5, 5.41) is 14.3. The Kier molecular flexibility index (Phi) is 5.32. The van der Waals surface area contributed by atoms with Crippen molar-refractivity contribution >= 4 is 27.4 Å². The zero-order chi connectivity index (χ0) is 20.3. The van der Waals surface area contributed by atoms with Crippen molar-refractivity contribution in [1.29, 1.82) is 0 Å². The summed E-state index contributed by atoms with van der Waals surface area (Å²) in [6, 6.07) is 11.4. The van der Waals surface area contributed by atoms with Gasteiger partial charge in [0.05, 0.1) is 5.39 Å². The fourth-order valence-electron chi connectivity index (χ4n) is 4.08. The molecule has 6 heteroatoms. The molecule has 0 saturated heterocycles. The fourth-order valence-corrected chi connectivity index (χ4v) is 5.34. The van der Waals surface area contributed by atoms with E-state index in [1.165, 1.54) is 34.2 Å². The third-order valence-electron chi connectivity index (χ3n) is 5.62. The minimum absolute atomic E-state index is 0.311. The Morgan fingerprint density at radius 3 is 2.60 bits per heavy atom. The molecule has 0 spiro atoms. The number of pyridine rings is 1. The van der Waals surface area contributed by atoms with Crippen molar-refractivity contribution in [2.24, 2.45) is 0 Å². The Hall–Kier alpha value is -2.99. The molecule has 5 rings (SSSR count). The van der Waals surface area contributed by atoms with E-state index >= 15 is 0 Å². The molecule has 152 valence electrons. The number of aryl methyl sites for hydroxylation is 3. The molecule has 1 aliphatic carbocycles. The minimum atomic E-state index is 0.311. The summed E-state index contributed by atoms with van der Waals surface area (Å²) in [5.74, 6) is 2.02. The predicted octanol–water partition coefficient (Wildman–Crippen LogP) is 5.38. The van der Waals surface area contributed by atoms with Gasteiger partial charge in [-0.25, -0.2) is 9.97 Å². The second-order valence-electron chi connectivity index (χ2n) is 7.72. The number of aromatic nitrogens is 3. The smallest absolute Gasteiger partial charge is 0.163 e. The van der Waals surface area contributed by atoms with E-state index in [-0.39, 0.29) is 0 Å². The molecule has 0 radical (unpaired) electrons. The van der Waals surface area contributed by atoms with Gasteiger partial charge in [0.2, 0.25) is 0 Å². The van der Waals surface area contributed by atoms with Crippen molar-refractivity contribution in [2.45, 2.75) is 38.5 Å². The molecular formula is C24H24N4OS. The first-order valence-corrected chi connectivity index (χ1v) is 11.3. The third-order valence-corrected chi connectivity index (χ3v) is 6.81. The number of benzene rings is 1. The van der Waals surface area contributed by atoms with Crippen LogP contribution < -0.4 is 5.32 Å². The lowest BCUT2D eigenvalue weighted by Gasteiger charge is -2.13. The average Bonchev–Trinajstić information content (AvgIpc) is 3.17. The van der Waals surface area contributed by atoms with Crippen LogP contribution in [-0.4, -0.2) is 26.6 Å². The van der Waals surface area contributed by atoms with Gasteiger partial charge < -0.3 is 10.4 Å². The maximum Gasteiger partial charge on any atom is 0.163 e. The molecule has 1 aliphatic rings. The number of hydrogen-bond donors (Lipinski definition) is 2. The monoisotopic (exact) mass is 416 g/mol. The summed E-state index contributed by atoms with van der Waals surface area (Å²) in [4.78, 5) is 16.5. The van der Waals surface area contributed by atoms with E-state index in [1.807, 2.05) is 35.6 Å². The van der Waals surface area contributed by atoms with E-state index < -0.39 is 0 Å². The van der Waals surface area contributed by atoms with Gasteiger partial charge in [0, 0.05) is 29.4 Å². The molecule has 2 N–H and O–H groups in total. The maximum atomic E-state index is 9.44. The number of nitrogens with one attached hydrogen (secondary N) is 1. The summed E-state index contributed by atoms with van der Waals surface area (Å²) in [5.41, 5.74) is 3.67. The van der Waals surface area contributed by atoms with Crippen molar-refractivity contribution < 1.29 is 5.11 Å². The number of aromatic hydroxyl groups is 1. The number of phenols is 1. The van der Waals surface area contributed by atoms with Crippen molar-refractivity contribution in [3.05, 3.63) is 64.8 Å². The van der Waals surface area contributed by atoms with Gasteiger partial charge in [-0.2, -0.15) is 0 Å². The van der Waals surface area contributed by atoms with Crippen LogP contribution in [0.2, 0.25) is 0 Å². The molecule has 0 fully saturated rings.